The number of carbonyl (C=O) groups excluding carboxylic acids is 1. The van der Waals surface area contributed by atoms with Gasteiger partial charge >= 0.3 is 6.18 Å². The molecule has 2 aromatic carbocycles. The summed E-state index contributed by atoms with van der Waals surface area (Å²) in [5, 5.41) is 6.96. The van der Waals surface area contributed by atoms with Gasteiger partial charge in [0.2, 0.25) is 5.88 Å². The number of hydrogen-bond donors (Lipinski definition) is 2. The molecule has 32 heavy (non-hydrogen) atoms. The van der Waals surface area contributed by atoms with Gasteiger partial charge in [0.25, 0.3) is 5.91 Å². The van der Waals surface area contributed by atoms with E-state index in [1.165, 1.54) is 24.3 Å². The van der Waals surface area contributed by atoms with Crippen molar-refractivity contribution in [3.8, 4) is 22.8 Å². The molecule has 0 aliphatic rings. The van der Waals surface area contributed by atoms with Gasteiger partial charge in [-0.1, -0.05) is 47.1 Å². The second-order valence-corrected chi connectivity index (χ2v) is 7.19. The van der Waals surface area contributed by atoms with E-state index in [1.54, 1.807) is 24.3 Å². The van der Waals surface area contributed by atoms with E-state index in [-0.39, 0.29) is 40.8 Å². The highest BCUT2D eigenvalue weighted by molar-refractivity contribution is 6.31. The molecule has 0 saturated heterocycles. The first-order valence-corrected chi connectivity index (χ1v) is 9.66. The molecule has 2 aromatic heterocycles. The molecule has 10 heteroatoms. The molecule has 4 aromatic rings. The summed E-state index contributed by atoms with van der Waals surface area (Å²) >= 11 is 6.10. The fourth-order valence-corrected chi connectivity index (χ4v) is 3.27. The van der Waals surface area contributed by atoms with E-state index < -0.39 is 17.6 Å². The lowest BCUT2D eigenvalue weighted by Gasteiger charge is -2.07. The fraction of sp³-hybridized carbons (Fsp3) is 0.0909. The Morgan fingerprint density at radius 3 is 2.56 bits per heavy atom. The van der Waals surface area contributed by atoms with Crippen molar-refractivity contribution < 1.29 is 26.9 Å². The van der Waals surface area contributed by atoms with Gasteiger partial charge in [0.05, 0.1) is 5.56 Å². The van der Waals surface area contributed by atoms with Crippen molar-refractivity contribution in [2.24, 2.45) is 0 Å². The summed E-state index contributed by atoms with van der Waals surface area (Å²) in [4.78, 5) is 12.7. The number of benzene rings is 2. The summed E-state index contributed by atoms with van der Waals surface area (Å²) in [5.74, 6) is -0.528. The Bertz CT molecular complexity index is 1280. The first kappa shape index (κ1) is 21.5. The van der Waals surface area contributed by atoms with E-state index in [2.05, 4.69) is 10.5 Å². The number of nitrogens with one attached hydrogen (secondary N) is 1. The summed E-state index contributed by atoms with van der Waals surface area (Å²) in [6.45, 7) is 0.135. The van der Waals surface area contributed by atoms with Crippen LogP contribution in [0.3, 0.4) is 0 Å². The number of anilines is 1. The quantitative estimate of drug-likeness (QED) is 0.392. The smallest absolute Gasteiger partial charge is 0.416 e. The molecule has 0 atom stereocenters. The number of hydrogen-bond acceptors (Lipinski definition) is 5. The molecule has 164 valence electrons. The summed E-state index contributed by atoms with van der Waals surface area (Å²) in [7, 11) is 0. The zero-order chi connectivity index (χ0) is 22.9. The minimum atomic E-state index is -4.49. The highest BCUT2D eigenvalue weighted by atomic mass is 35.5. The third-order valence-electron chi connectivity index (χ3n) is 4.66. The van der Waals surface area contributed by atoms with Gasteiger partial charge in [0.1, 0.15) is 11.3 Å². The van der Waals surface area contributed by atoms with Gasteiger partial charge in [-0.2, -0.15) is 13.2 Å². The zero-order valence-corrected chi connectivity index (χ0v) is 17.0. The molecule has 3 N–H and O–H groups in total. The van der Waals surface area contributed by atoms with Crippen LogP contribution in [0, 0.1) is 0 Å². The second kappa shape index (κ2) is 8.43. The molecule has 0 aliphatic heterocycles. The van der Waals surface area contributed by atoms with Crippen molar-refractivity contribution >= 4 is 23.4 Å². The van der Waals surface area contributed by atoms with Crippen molar-refractivity contribution in [3.05, 3.63) is 82.4 Å². The average Bonchev–Trinajstić information content (AvgIpc) is 3.39. The summed E-state index contributed by atoms with van der Waals surface area (Å²) < 4.78 is 49.6. The minimum absolute atomic E-state index is 0.0254. The Kier molecular flexibility index (Phi) is 5.67. The van der Waals surface area contributed by atoms with Crippen LogP contribution in [-0.4, -0.2) is 11.1 Å². The van der Waals surface area contributed by atoms with E-state index in [1.807, 2.05) is 0 Å². The van der Waals surface area contributed by atoms with Crippen molar-refractivity contribution in [1.82, 2.24) is 10.5 Å². The number of nitrogen functional groups attached to an aromatic ring is 1. The Morgan fingerprint density at radius 1 is 1.06 bits per heavy atom. The Morgan fingerprint density at radius 2 is 1.81 bits per heavy atom. The molecular formula is C22H15ClF3N3O3. The van der Waals surface area contributed by atoms with Crippen molar-refractivity contribution in [2.45, 2.75) is 12.7 Å². The molecule has 0 unspecified atom stereocenters. The molecule has 2 heterocycles. The van der Waals surface area contributed by atoms with Crippen LogP contribution in [0.25, 0.3) is 22.8 Å². The first-order valence-electron chi connectivity index (χ1n) is 9.28. The van der Waals surface area contributed by atoms with Crippen molar-refractivity contribution in [3.63, 3.8) is 0 Å². The number of nitrogens with zero attached hydrogens (tertiary/aromatic N) is 1. The SMILES string of the molecule is Nc1onc(-c2ccc(-c3cccc(C(F)(F)F)c3)o2)c1C(=O)NCc1ccccc1Cl. The Balaban J connectivity index is 1.59. The second-order valence-electron chi connectivity index (χ2n) is 6.79. The minimum Gasteiger partial charge on any atom is -0.454 e. The molecule has 0 spiro atoms. The number of nitrogens with two attached hydrogens (primary N) is 1. The van der Waals surface area contributed by atoms with Crippen LogP contribution in [0.4, 0.5) is 19.1 Å². The first-order chi connectivity index (χ1) is 15.2. The summed E-state index contributed by atoms with van der Waals surface area (Å²) in [5.41, 5.74) is 5.86. The number of carbonyl (C=O) groups is 1. The number of alkyl halides is 3. The van der Waals surface area contributed by atoms with E-state index in [0.29, 0.717) is 10.6 Å². The van der Waals surface area contributed by atoms with E-state index in [9.17, 15) is 18.0 Å². The number of rotatable bonds is 5. The normalized spacial score (nSPS) is 11.5. The lowest BCUT2D eigenvalue weighted by atomic mass is 10.1. The van der Waals surface area contributed by atoms with Crippen LogP contribution in [0.5, 0.6) is 0 Å². The topological polar surface area (TPSA) is 94.3 Å². The number of furan rings is 1. The third kappa shape index (κ3) is 4.33. The van der Waals surface area contributed by atoms with Crippen LogP contribution >= 0.6 is 11.6 Å². The predicted octanol–water partition coefficient (Wildman–Crippen LogP) is 5.79. The van der Waals surface area contributed by atoms with Gasteiger partial charge in [-0.3, -0.25) is 4.79 Å². The molecule has 0 aliphatic carbocycles. The largest absolute Gasteiger partial charge is 0.454 e. The standard InChI is InChI=1S/C22H15ClF3N3O3/c23-15-7-2-1-4-13(15)11-28-21(30)18-19(29-32-20(18)27)17-9-8-16(31-17)12-5-3-6-14(10-12)22(24,25)26/h1-10H,11,27H2,(H,28,30). The monoisotopic (exact) mass is 461 g/mol. The summed E-state index contributed by atoms with van der Waals surface area (Å²) in [6.07, 6.45) is -4.49. The van der Waals surface area contributed by atoms with Crippen molar-refractivity contribution in [1.29, 1.82) is 0 Å². The third-order valence-corrected chi connectivity index (χ3v) is 5.03. The summed E-state index contributed by atoms with van der Waals surface area (Å²) in [6, 6.07) is 14.6. The van der Waals surface area contributed by atoms with Crippen LogP contribution in [0.1, 0.15) is 21.5 Å². The van der Waals surface area contributed by atoms with Gasteiger partial charge in [-0.15, -0.1) is 0 Å². The molecular weight excluding hydrogens is 447 g/mol. The fourth-order valence-electron chi connectivity index (χ4n) is 3.07. The van der Waals surface area contributed by atoms with Gasteiger partial charge < -0.3 is 20.0 Å². The van der Waals surface area contributed by atoms with E-state index in [4.69, 9.17) is 26.3 Å². The van der Waals surface area contributed by atoms with E-state index in [0.717, 1.165) is 12.1 Å². The van der Waals surface area contributed by atoms with Gasteiger partial charge in [0, 0.05) is 17.1 Å². The number of halogens is 4. The van der Waals surface area contributed by atoms with Crippen LogP contribution < -0.4 is 11.1 Å². The maximum absolute atomic E-state index is 13.0. The van der Waals surface area contributed by atoms with Gasteiger partial charge in [-0.25, -0.2) is 0 Å². The zero-order valence-electron chi connectivity index (χ0n) is 16.2. The molecule has 4 rings (SSSR count). The lowest BCUT2D eigenvalue weighted by Crippen LogP contribution is -2.24. The lowest BCUT2D eigenvalue weighted by molar-refractivity contribution is -0.137. The van der Waals surface area contributed by atoms with Crippen molar-refractivity contribution in [2.75, 3.05) is 5.73 Å². The molecule has 0 bridgehead atoms. The average molecular weight is 462 g/mol. The highest BCUT2D eigenvalue weighted by Gasteiger charge is 2.31. The number of aromatic nitrogens is 1. The Hall–Kier alpha value is -3.72. The predicted molar refractivity (Wildman–Crippen MR) is 112 cm³/mol. The highest BCUT2D eigenvalue weighted by Crippen LogP contribution is 2.35. The maximum atomic E-state index is 13.0. The molecule has 6 nitrogen and oxygen atoms in total. The molecule has 1 amide bonds. The van der Waals surface area contributed by atoms with Gasteiger partial charge in [0.15, 0.2) is 11.5 Å². The molecule has 0 fully saturated rings. The molecule has 0 saturated carbocycles. The van der Waals surface area contributed by atoms with Gasteiger partial charge in [-0.05, 0) is 35.9 Å². The van der Waals surface area contributed by atoms with Crippen LogP contribution in [0.2, 0.25) is 5.02 Å². The van der Waals surface area contributed by atoms with Crippen LogP contribution in [0.15, 0.2) is 69.6 Å². The van der Waals surface area contributed by atoms with E-state index >= 15 is 0 Å². The Labute approximate surface area is 184 Å². The maximum Gasteiger partial charge on any atom is 0.416 e. The number of amides is 1. The van der Waals surface area contributed by atoms with Crippen LogP contribution in [-0.2, 0) is 12.7 Å². The molecule has 0 radical (unpaired) electrons.